The maximum Gasteiger partial charge on any atom is 0.135 e. The summed E-state index contributed by atoms with van der Waals surface area (Å²) in [6, 6.07) is 1.80. The molecular formula is C14H24ClN3S. The van der Waals surface area contributed by atoms with Gasteiger partial charge in [-0.2, -0.15) is 11.8 Å². The van der Waals surface area contributed by atoms with Crippen LogP contribution in [0.3, 0.4) is 0 Å². The molecule has 0 saturated heterocycles. The molecular weight excluding hydrogens is 278 g/mol. The predicted molar refractivity (Wildman–Crippen MR) is 86.4 cm³/mol. The van der Waals surface area contributed by atoms with E-state index in [1.54, 1.807) is 6.07 Å². The molecule has 1 N–H and O–H groups in total. The molecule has 0 aromatic carbocycles. The lowest BCUT2D eigenvalue weighted by Crippen LogP contribution is -2.32. The molecule has 5 heteroatoms. The van der Waals surface area contributed by atoms with E-state index in [9.17, 15) is 0 Å². The first-order valence-corrected chi connectivity index (χ1v) is 8.40. The summed E-state index contributed by atoms with van der Waals surface area (Å²) >= 11 is 7.96. The summed E-state index contributed by atoms with van der Waals surface area (Å²) in [4.78, 5) is 8.77. The van der Waals surface area contributed by atoms with Crippen molar-refractivity contribution in [2.45, 2.75) is 51.2 Å². The Morgan fingerprint density at radius 3 is 2.42 bits per heavy atom. The highest BCUT2D eigenvalue weighted by molar-refractivity contribution is 8.00. The highest BCUT2D eigenvalue weighted by Crippen LogP contribution is 2.30. The first-order chi connectivity index (χ1) is 8.96. The van der Waals surface area contributed by atoms with E-state index in [0.717, 1.165) is 31.0 Å². The van der Waals surface area contributed by atoms with Crippen molar-refractivity contribution < 1.29 is 0 Å². The predicted octanol–water partition coefficient (Wildman–Crippen LogP) is 4.59. The minimum absolute atomic E-state index is 0.259. The molecule has 108 valence electrons. The number of halogens is 1. The van der Waals surface area contributed by atoms with E-state index in [1.165, 1.54) is 0 Å². The Labute approximate surface area is 125 Å². The van der Waals surface area contributed by atoms with Crippen molar-refractivity contribution in [3.05, 3.63) is 17.0 Å². The molecule has 0 unspecified atom stereocenters. The van der Waals surface area contributed by atoms with Gasteiger partial charge in [0.2, 0.25) is 0 Å². The number of nitrogens with one attached hydrogen (secondary N) is 1. The van der Waals surface area contributed by atoms with Crippen molar-refractivity contribution in [2.24, 2.45) is 0 Å². The van der Waals surface area contributed by atoms with Crippen molar-refractivity contribution in [2.75, 3.05) is 18.1 Å². The van der Waals surface area contributed by atoms with E-state index in [2.05, 4.69) is 49.2 Å². The van der Waals surface area contributed by atoms with Crippen LogP contribution in [0.15, 0.2) is 6.07 Å². The highest BCUT2D eigenvalue weighted by atomic mass is 35.5. The molecule has 0 spiro atoms. The molecule has 0 aliphatic carbocycles. The molecule has 0 amide bonds. The number of rotatable bonds is 7. The Morgan fingerprint density at radius 1 is 1.32 bits per heavy atom. The van der Waals surface area contributed by atoms with E-state index in [1.807, 2.05) is 11.8 Å². The Balaban J connectivity index is 2.82. The molecule has 1 aromatic rings. The fourth-order valence-corrected chi connectivity index (χ4v) is 2.88. The summed E-state index contributed by atoms with van der Waals surface area (Å²) in [7, 11) is 0. The van der Waals surface area contributed by atoms with Gasteiger partial charge in [-0.15, -0.1) is 0 Å². The van der Waals surface area contributed by atoms with Crippen LogP contribution in [0.4, 0.5) is 5.82 Å². The number of hydrogen-bond acceptors (Lipinski definition) is 4. The Kier molecular flexibility index (Phi) is 6.40. The molecule has 1 heterocycles. The molecule has 0 bridgehead atoms. The van der Waals surface area contributed by atoms with E-state index < -0.39 is 0 Å². The Hall–Kier alpha value is -0.480. The summed E-state index contributed by atoms with van der Waals surface area (Å²) in [6.07, 6.45) is 4.43. The third-order valence-corrected chi connectivity index (χ3v) is 5.32. The smallest absolute Gasteiger partial charge is 0.135 e. The molecule has 0 radical (unpaired) electrons. The van der Waals surface area contributed by atoms with Crippen LogP contribution in [-0.2, 0) is 0 Å². The second-order valence-electron chi connectivity index (χ2n) is 5.04. The first-order valence-electron chi connectivity index (χ1n) is 6.79. The van der Waals surface area contributed by atoms with Gasteiger partial charge in [0.25, 0.3) is 0 Å². The topological polar surface area (TPSA) is 37.8 Å². The van der Waals surface area contributed by atoms with E-state index in [-0.39, 0.29) is 10.7 Å². The molecule has 3 nitrogen and oxygen atoms in total. The first kappa shape index (κ1) is 16.6. The van der Waals surface area contributed by atoms with E-state index >= 15 is 0 Å². The highest BCUT2D eigenvalue weighted by Gasteiger charge is 2.24. The van der Waals surface area contributed by atoms with Crippen molar-refractivity contribution in [1.29, 1.82) is 0 Å². The maximum atomic E-state index is 6.05. The number of anilines is 1. The van der Waals surface area contributed by atoms with Crippen LogP contribution < -0.4 is 5.32 Å². The minimum atomic E-state index is 0.259. The fourth-order valence-electron chi connectivity index (χ4n) is 1.90. The van der Waals surface area contributed by atoms with Crippen LogP contribution in [0.2, 0.25) is 5.15 Å². The molecule has 19 heavy (non-hydrogen) atoms. The number of aromatic nitrogens is 2. The maximum absolute atomic E-state index is 6.05. The molecule has 1 rings (SSSR count). The third kappa shape index (κ3) is 4.53. The van der Waals surface area contributed by atoms with Crippen molar-refractivity contribution in [1.82, 2.24) is 9.97 Å². The van der Waals surface area contributed by atoms with Gasteiger partial charge in [0.15, 0.2) is 0 Å². The lowest BCUT2D eigenvalue weighted by Gasteiger charge is -2.30. The zero-order chi connectivity index (χ0) is 14.5. The van der Waals surface area contributed by atoms with Crippen LogP contribution in [0.5, 0.6) is 0 Å². The average molecular weight is 302 g/mol. The Bertz CT molecular complexity index is 397. The number of nitrogens with zero attached hydrogens (tertiary/aromatic N) is 2. The van der Waals surface area contributed by atoms with Crippen LogP contribution >= 0.6 is 23.4 Å². The zero-order valence-electron chi connectivity index (χ0n) is 12.5. The van der Waals surface area contributed by atoms with E-state index in [0.29, 0.717) is 5.15 Å². The standard InChI is InChI=1S/C14H24ClN3S/c1-6-14(7-2,19-5)9-16-12-8-11(15)17-13(18-12)10(3)4/h8,10H,6-7,9H2,1-5H3,(H,16,17,18). The number of thioether (sulfide) groups is 1. The zero-order valence-corrected chi connectivity index (χ0v) is 14.0. The summed E-state index contributed by atoms with van der Waals surface area (Å²) < 4.78 is 0.259. The Morgan fingerprint density at radius 2 is 1.95 bits per heavy atom. The van der Waals surface area contributed by atoms with E-state index in [4.69, 9.17) is 11.6 Å². The number of hydrogen-bond donors (Lipinski definition) is 1. The van der Waals surface area contributed by atoms with Crippen molar-refractivity contribution in [3.8, 4) is 0 Å². The lowest BCUT2D eigenvalue weighted by atomic mass is 10.0. The van der Waals surface area contributed by atoms with Gasteiger partial charge in [-0.05, 0) is 19.1 Å². The SMILES string of the molecule is CCC(CC)(CNc1cc(Cl)nc(C(C)C)n1)SC. The van der Waals surface area contributed by atoms with Gasteiger partial charge in [-0.25, -0.2) is 9.97 Å². The van der Waals surface area contributed by atoms with Crippen LogP contribution in [0, 0.1) is 0 Å². The summed E-state index contributed by atoms with van der Waals surface area (Å²) in [5.41, 5.74) is 0. The van der Waals surface area contributed by atoms with Crippen molar-refractivity contribution in [3.63, 3.8) is 0 Å². The van der Waals surface area contributed by atoms with Crippen LogP contribution in [-0.4, -0.2) is 27.5 Å². The van der Waals surface area contributed by atoms with Gasteiger partial charge >= 0.3 is 0 Å². The summed E-state index contributed by atoms with van der Waals surface area (Å²) in [5.74, 6) is 1.89. The second kappa shape index (κ2) is 7.34. The van der Waals surface area contributed by atoms with Crippen LogP contribution in [0.1, 0.15) is 52.3 Å². The quantitative estimate of drug-likeness (QED) is 0.748. The normalized spacial score (nSPS) is 11.9. The monoisotopic (exact) mass is 301 g/mol. The average Bonchev–Trinajstić information content (AvgIpc) is 2.40. The molecule has 0 aliphatic heterocycles. The third-order valence-electron chi connectivity index (χ3n) is 3.54. The van der Waals surface area contributed by atoms with Gasteiger partial charge in [0, 0.05) is 23.3 Å². The van der Waals surface area contributed by atoms with Gasteiger partial charge in [-0.3, -0.25) is 0 Å². The molecule has 1 aromatic heterocycles. The van der Waals surface area contributed by atoms with Crippen molar-refractivity contribution >= 4 is 29.2 Å². The minimum Gasteiger partial charge on any atom is -0.369 e. The second-order valence-corrected chi connectivity index (χ2v) is 6.70. The van der Waals surface area contributed by atoms with Gasteiger partial charge in [0.1, 0.15) is 16.8 Å². The lowest BCUT2D eigenvalue weighted by molar-refractivity contribution is 0.573. The van der Waals surface area contributed by atoms with Gasteiger partial charge in [0.05, 0.1) is 0 Å². The molecule has 0 saturated carbocycles. The summed E-state index contributed by atoms with van der Waals surface area (Å²) in [6.45, 7) is 9.49. The summed E-state index contributed by atoms with van der Waals surface area (Å²) in [5, 5.41) is 3.92. The van der Waals surface area contributed by atoms with Crippen LogP contribution in [0.25, 0.3) is 0 Å². The largest absolute Gasteiger partial charge is 0.369 e. The molecule has 0 aliphatic rings. The molecule has 0 atom stereocenters. The van der Waals surface area contributed by atoms with Gasteiger partial charge < -0.3 is 5.32 Å². The fraction of sp³-hybridized carbons (Fsp3) is 0.714. The van der Waals surface area contributed by atoms with Gasteiger partial charge in [-0.1, -0.05) is 39.3 Å². The molecule has 0 fully saturated rings.